The minimum Gasteiger partial charge on any atom is -0.433 e. The number of nitrogens with one attached hydrogen (secondary N) is 1. The SMILES string of the molecule is CC1(NC(=O)c2cnc3c(-c4cncc(OC(F)F)c4)cn(C4CCOCC4)c3c2)CCS(=O)(=O)C1. The molecule has 1 atom stereocenters. The monoisotopic (exact) mass is 520 g/mol. The summed E-state index contributed by atoms with van der Waals surface area (Å²) in [7, 11) is -3.19. The van der Waals surface area contributed by atoms with Crippen molar-refractivity contribution in [2.45, 2.75) is 44.4 Å². The van der Waals surface area contributed by atoms with Crippen LogP contribution >= 0.6 is 0 Å². The first-order valence-corrected chi connectivity index (χ1v) is 13.5. The molecule has 0 aliphatic carbocycles. The molecule has 1 N–H and O–H groups in total. The van der Waals surface area contributed by atoms with Crippen molar-refractivity contribution in [2.24, 2.45) is 0 Å². The van der Waals surface area contributed by atoms with Gasteiger partial charge in [-0.1, -0.05) is 0 Å². The van der Waals surface area contributed by atoms with Crippen molar-refractivity contribution in [1.82, 2.24) is 19.9 Å². The molecule has 1 unspecified atom stereocenters. The molecule has 0 aromatic carbocycles. The van der Waals surface area contributed by atoms with Crippen molar-refractivity contribution in [2.75, 3.05) is 24.7 Å². The number of halogens is 2. The number of aromatic nitrogens is 3. The number of sulfone groups is 1. The molecule has 36 heavy (non-hydrogen) atoms. The van der Waals surface area contributed by atoms with Gasteiger partial charge in [-0.25, -0.2) is 8.42 Å². The maximum atomic E-state index is 13.1. The lowest BCUT2D eigenvalue weighted by molar-refractivity contribution is -0.0500. The van der Waals surface area contributed by atoms with Gasteiger partial charge in [0, 0.05) is 49.0 Å². The Morgan fingerprint density at radius 3 is 2.72 bits per heavy atom. The number of carbonyl (C=O) groups is 1. The smallest absolute Gasteiger partial charge is 0.387 e. The maximum absolute atomic E-state index is 13.1. The van der Waals surface area contributed by atoms with E-state index >= 15 is 0 Å². The number of fused-ring (bicyclic) bond motifs is 1. The third-order valence-electron chi connectivity index (χ3n) is 6.68. The minimum atomic E-state index is -3.19. The summed E-state index contributed by atoms with van der Waals surface area (Å²) >= 11 is 0. The van der Waals surface area contributed by atoms with Crippen LogP contribution in [0.5, 0.6) is 5.75 Å². The van der Waals surface area contributed by atoms with E-state index in [1.54, 1.807) is 19.2 Å². The average Bonchev–Trinajstić information content (AvgIpc) is 3.35. The van der Waals surface area contributed by atoms with Gasteiger partial charge < -0.3 is 19.4 Å². The zero-order chi connectivity index (χ0) is 25.5. The Hall–Kier alpha value is -3.12. The lowest BCUT2D eigenvalue weighted by Gasteiger charge is -2.25. The van der Waals surface area contributed by atoms with E-state index in [9.17, 15) is 22.0 Å². The van der Waals surface area contributed by atoms with Crippen LogP contribution in [0.1, 0.15) is 42.6 Å². The molecule has 0 saturated carbocycles. The number of amides is 1. The van der Waals surface area contributed by atoms with Gasteiger partial charge in [0.05, 0.1) is 39.8 Å². The lowest BCUT2D eigenvalue weighted by Crippen LogP contribution is -2.46. The maximum Gasteiger partial charge on any atom is 0.387 e. The first-order chi connectivity index (χ1) is 17.1. The second-order valence-corrected chi connectivity index (χ2v) is 11.7. The molecule has 12 heteroatoms. The first kappa shape index (κ1) is 24.6. The van der Waals surface area contributed by atoms with Crippen molar-refractivity contribution in [3.8, 4) is 16.9 Å². The number of nitrogens with zero attached hydrogens (tertiary/aromatic N) is 3. The molecule has 0 spiro atoms. The highest BCUT2D eigenvalue weighted by atomic mass is 32.2. The van der Waals surface area contributed by atoms with Crippen LogP contribution in [0.15, 0.2) is 36.9 Å². The highest BCUT2D eigenvalue weighted by Crippen LogP contribution is 2.35. The Balaban J connectivity index is 1.54. The third-order valence-corrected chi connectivity index (χ3v) is 8.59. The predicted octanol–water partition coefficient (Wildman–Crippen LogP) is 3.36. The molecule has 2 fully saturated rings. The Morgan fingerprint density at radius 2 is 2.03 bits per heavy atom. The normalized spacial score (nSPS) is 22.2. The second-order valence-electron chi connectivity index (χ2n) is 9.53. The summed E-state index contributed by atoms with van der Waals surface area (Å²) < 4.78 is 61.4. The molecule has 2 aliphatic rings. The Morgan fingerprint density at radius 1 is 1.25 bits per heavy atom. The summed E-state index contributed by atoms with van der Waals surface area (Å²) in [4.78, 5) is 21.7. The van der Waals surface area contributed by atoms with Crippen LogP contribution in [-0.2, 0) is 14.6 Å². The van der Waals surface area contributed by atoms with E-state index in [1.165, 1.54) is 18.5 Å². The molecule has 9 nitrogen and oxygen atoms in total. The van der Waals surface area contributed by atoms with Gasteiger partial charge in [0.15, 0.2) is 9.84 Å². The van der Waals surface area contributed by atoms with Crippen LogP contribution in [0.3, 0.4) is 0 Å². The van der Waals surface area contributed by atoms with Gasteiger partial charge >= 0.3 is 6.61 Å². The topological polar surface area (TPSA) is 112 Å². The quantitative estimate of drug-likeness (QED) is 0.530. The van der Waals surface area contributed by atoms with Gasteiger partial charge in [-0.3, -0.25) is 14.8 Å². The molecule has 1 amide bonds. The predicted molar refractivity (Wildman–Crippen MR) is 128 cm³/mol. The Kier molecular flexibility index (Phi) is 6.41. The number of hydrogen-bond donors (Lipinski definition) is 1. The fourth-order valence-electron chi connectivity index (χ4n) is 4.92. The summed E-state index contributed by atoms with van der Waals surface area (Å²) in [6, 6.07) is 3.31. The number of rotatable bonds is 6. The Bertz CT molecular complexity index is 1400. The third kappa shape index (κ3) is 5.05. The zero-order valence-electron chi connectivity index (χ0n) is 19.6. The van der Waals surface area contributed by atoms with Crippen molar-refractivity contribution < 1.29 is 31.5 Å². The molecule has 0 bridgehead atoms. The van der Waals surface area contributed by atoms with Crippen molar-refractivity contribution in [3.05, 3.63) is 42.5 Å². The molecule has 2 aliphatic heterocycles. The van der Waals surface area contributed by atoms with E-state index in [-0.39, 0.29) is 23.3 Å². The van der Waals surface area contributed by atoms with E-state index in [2.05, 4.69) is 20.0 Å². The largest absolute Gasteiger partial charge is 0.433 e. The highest BCUT2D eigenvalue weighted by molar-refractivity contribution is 7.91. The van der Waals surface area contributed by atoms with E-state index < -0.39 is 27.9 Å². The fourth-order valence-corrected chi connectivity index (χ4v) is 7.01. The highest BCUT2D eigenvalue weighted by Gasteiger charge is 2.39. The van der Waals surface area contributed by atoms with Gasteiger partial charge in [0.25, 0.3) is 5.91 Å². The zero-order valence-corrected chi connectivity index (χ0v) is 20.4. The van der Waals surface area contributed by atoms with Crippen molar-refractivity contribution in [1.29, 1.82) is 0 Å². The molecule has 0 radical (unpaired) electrons. The second kappa shape index (κ2) is 9.40. The number of hydrogen-bond acceptors (Lipinski definition) is 7. The average molecular weight is 521 g/mol. The molecule has 5 heterocycles. The first-order valence-electron chi connectivity index (χ1n) is 11.6. The van der Waals surface area contributed by atoms with Crippen LogP contribution in [0.4, 0.5) is 8.78 Å². The Labute approximate surface area is 206 Å². The number of pyridine rings is 2. The van der Waals surface area contributed by atoms with Crippen LogP contribution in [-0.4, -0.2) is 65.7 Å². The summed E-state index contributed by atoms with van der Waals surface area (Å²) in [6.45, 7) is -0.0497. The van der Waals surface area contributed by atoms with Gasteiger partial charge in [0.2, 0.25) is 0 Å². The van der Waals surface area contributed by atoms with Gasteiger partial charge in [0.1, 0.15) is 5.75 Å². The van der Waals surface area contributed by atoms with Crippen LogP contribution in [0, 0.1) is 0 Å². The summed E-state index contributed by atoms with van der Waals surface area (Å²) in [5.74, 6) is -0.530. The molecule has 2 saturated heterocycles. The van der Waals surface area contributed by atoms with Gasteiger partial charge in [-0.05, 0) is 38.3 Å². The van der Waals surface area contributed by atoms with Crippen LogP contribution < -0.4 is 10.1 Å². The van der Waals surface area contributed by atoms with Crippen LogP contribution in [0.25, 0.3) is 22.2 Å². The van der Waals surface area contributed by atoms with Crippen molar-refractivity contribution >= 4 is 26.8 Å². The summed E-state index contributed by atoms with van der Waals surface area (Å²) in [6.07, 6.45) is 7.98. The van der Waals surface area contributed by atoms with E-state index in [4.69, 9.17) is 4.74 Å². The number of ether oxygens (including phenoxy) is 2. The fraction of sp³-hybridized carbons (Fsp3) is 0.458. The number of carbonyl (C=O) groups excluding carboxylic acids is 1. The molecule has 3 aromatic rings. The van der Waals surface area contributed by atoms with E-state index in [1.807, 2.05) is 10.8 Å². The summed E-state index contributed by atoms with van der Waals surface area (Å²) in [5, 5.41) is 2.87. The van der Waals surface area contributed by atoms with E-state index in [0.29, 0.717) is 47.4 Å². The molecule has 3 aromatic heterocycles. The molecular formula is C24H26F2N4O5S. The lowest BCUT2D eigenvalue weighted by atomic mass is 10.0. The van der Waals surface area contributed by atoms with Crippen LogP contribution in [0.2, 0.25) is 0 Å². The molecule has 192 valence electrons. The van der Waals surface area contributed by atoms with Gasteiger partial charge in [-0.2, -0.15) is 8.78 Å². The molecular weight excluding hydrogens is 494 g/mol. The standard InChI is InChI=1S/C24H26F2N4O5S/c1-24(4-7-36(32,33)14-24)29-22(31)16-9-20-21(28-11-16)19(13-30(20)17-2-5-34-6-3-17)15-8-18(12-27-10-15)35-23(25)26/h8-13,17,23H,2-7,14H2,1H3,(H,29,31). The summed E-state index contributed by atoms with van der Waals surface area (Å²) in [5.41, 5.74) is 1.98. The minimum absolute atomic E-state index is 0.0411. The van der Waals surface area contributed by atoms with E-state index in [0.717, 1.165) is 12.8 Å². The van der Waals surface area contributed by atoms with Crippen molar-refractivity contribution in [3.63, 3.8) is 0 Å². The van der Waals surface area contributed by atoms with Gasteiger partial charge in [-0.15, -0.1) is 0 Å². The molecule has 5 rings (SSSR count). The number of alkyl halides is 2.